The molecule has 0 atom stereocenters. The standard InChI is InChI=1S/C23H28O2/c1-3-5-7-16-24-19-12-14-20-18(17-19)11-13-22-21(20)9-8-10-23(22)25-15-6-4-2/h8-14,17H,3-7,15-16H2,1-2H3. The van der Waals surface area contributed by atoms with E-state index in [4.69, 9.17) is 9.47 Å². The van der Waals surface area contributed by atoms with Gasteiger partial charge < -0.3 is 9.47 Å². The fourth-order valence-electron chi connectivity index (χ4n) is 3.13. The van der Waals surface area contributed by atoms with Crippen LogP contribution in [0, 0.1) is 0 Å². The monoisotopic (exact) mass is 336 g/mol. The van der Waals surface area contributed by atoms with E-state index in [1.165, 1.54) is 34.4 Å². The Labute approximate surface area is 150 Å². The molecule has 0 saturated carbocycles. The van der Waals surface area contributed by atoms with Gasteiger partial charge in [0.15, 0.2) is 0 Å². The number of fused-ring (bicyclic) bond motifs is 3. The van der Waals surface area contributed by atoms with Crippen LogP contribution < -0.4 is 9.47 Å². The van der Waals surface area contributed by atoms with Crippen molar-refractivity contribution < 1.29 is 9.47 Å². The van der Waals surface area contributed by atoms with Gasteiger partial charge in [0, 0.05) is 5.39 Å². The summed E-state index contributed by atoms with van der Waals surface area (Å²) >= 11 is 0. The molecule has 0 amide bonds. The molecule has 3 aromatic rings. The van der Waals surface area contributed by atoms with Gasteiger partial charge in [-0.25, -0.2) is 0 Å². The first-order valence-electron chi connectivity index (χ1n) is 9.54. The Morgan fingerprint density at radius 1 is 0.680 bits per heavy atom. The minimum absolute atomic E-state index is 0.776. The summed E-state index contributed by atoms with van der Waals surface area (Å²) in [7, 11) is 0. The second-order valence-electron chi connectivity index (χ2n) is 6.56. The Bertz CT molecular complexity index is 823. The predicted molar refractivity (Wildman–Crippen MR) is 107 cm³/mol. The third-order valence-electron chi connectivity index (χ3n) is 4.58. The minimum Gasteiger partial charge on any atom is -0.494 e. The molecule has 0 fully saturated rings. The number of hydrogen-bond acceptors (Lipinski definition) is 2. The van der Waals surface area contributed by atoms with Crippen LogP contribution in [0.3, 0.4) is 0 Å². The molecule has 2 heteroatoms. The molecule has 2 nitrogen and oxygen atoms in total. The summed E-state index contributed by atoms with van der Waals surface area (Å²) in [6, 6.07) is 17.1. The van der Waals surface area contributed by atoms with Crippen LogP contribution in [-0.2, 0) is 0 Å². The number of unbranched alkanes of at least 4 members (excludes halogenated alkanes) is 3. The topological polar surface area (TPSA) is 18.5 Å². The first-order chi connectivity index (χ1) is 12.3. The maximum Gasteiger partial charge on any atom is 0.127 e. The van der Waals surface area contributed by atoms with Gasteiger partial charge in [0.2, 0.25) is 0 Å². The first kappa shape index (κ1) is 17.6. The second kappa shape index (κ2) is 8.75. The van der Waals surface area contributed by atoms with Gasteiger partial charge in [-0.1, -0.05) is 63.4 Å². The van der Waals surface area contributed by atoms with Gasteiger partial charge in [0.25, 0.3) is 0 Å². The van der Waals surface area contributed by atoms with Crippen LogP contribution in [0.25, 0.3) is 21.5 Å². The Kier molecular flexibility index (Phi) is 6.16. The van der Waals surface area contributed by atoms with Crippen LogP contribution in [0.15, 0.2) is 48.5 Å². The summed E-state index contributed by atoms with van der Waals surface area (Å²) in [6.45, 7) is 5.96. The molecule has 0 saturated heterocycles. The molecule has 3 aromatic carbocycles. The largest absolute Gasteiger partial charge is 0.494 e. The SMILES string of the molecule is CCCCCOc1ccc2c(ccc3c(OCCCC)cccc32)c1. The second-order valence-corrected chi connectivity index (χ2v) is 6.56. The summed E-state index contributed by atoms with van der Waals surface area (Å²) in [4.78, 5) is 0. The molecule has 0 unspecified atom stereocenters. The zero-order chi connectivity index (χ0) is 17.5. The van der Waals surface area contributed by atoms with E-state index in [9.17, 15) is 0 Å². The number of benzene rings is 3. The van der Waals surface area contributed by atoms with Crippen molar-refractivity contribution in [1.82, 2.24) is 0 Å². The highest BCUT2D eigenvalue weighted by atomic mass is 16.5. The van der Waals surface area contributed by atoms with E-state index < -0.39 is 0 Å². The average molecular weight is 336 g/mol. The molecule has 0 aliphatic rings. The van der Waals surface area contributed by atoms with E-state index in [0.29, 0.717) is 0 Å². The van der Waals surface area contributed by atoms with Crippen molar-refractivity contribution in [2.75, 3.05) is 13.2 Å². The summed E-state index contributed by atoms with van der Waals surface area (Å²) < 4.78 is 11.9. The van der Waals surface area contributed by atoms with Crippen molar-refractivity contribution >= 4 is 21.5 Å². The molecule has 0 radical (unpaired) electrons. The van der Waals surface area contributed by atoms with Crippen LogP contribution in [0.1, 0.15) is 46.0 Å². The molecular formula is C23H28O2. The molecule has 25 heavy (non-hydrogen) atoms. The maximum absolute atomic E-state index is 5.98. The van der Waals surface area contributed by atoms with Crippen LogP contribution in [-0.4, -0.2) is 13.2 Å². The normalized spacial score (nSPS) is 11.1. The molecule has 0 heterocycles. The summed E-state index contributed by atoms with van der Waals surface area (Å²) in [5.74, 6) is 1.94. The van der Waals surface area contributed by atoms with Gasteiger partial charge in [-0.3, -0.25) is 0 Å². The van der Waals surface area contributed by atoms with E-state index in [0.717, 1.165) is 44.0 Å². The molecule has 0 N–H and O–H groups in total. The molecule has 0 bridgehead atoms. The van der Waals surface area contributed by atoms with Gasteiger partial charge in [0.1, 0.15) is 11.5 Å². The third-order valence-corrected chi connectivity index (χ3v) is 4.58. The van der Waals surface area contributed by atoms with Crippen molar-refractivity contribution in [3.63, 3.8) is 0 Å². The van der Waals surface area contributed by atoms with Crippen LogP contribution in [0.2, 0.25) is 0 Å². The lowest BCUT2D eigenvalue weighted by Crippen LogP contribution is -1.97. The fourth-order valence-corrected chi connectivity index (χ4v) is 3.13. The predicted octanol–water partition coefficient (Wildman–Crippen LogP) is 6.74. The van der Waals surface area contributed by atoms with Crippen LogP contribution >= 0.6 is 0 Å². The van der Waals surface area contributed by atoms with Crippen molar-refractivity contribution in [1.29, 1.82) is 0 Å². The average Bonchev–Trinajstić information content (AvgIpc) is 2.65. The number of ether oxygens (including phenoxy) is 2. The molecular weight excluding hydrogens is 308 g/mol. The summed E-state index contributed by atoms with van der Waals surface area (Å²) in [5, 5.41) is 4.89. The van der Waals surface area contributed by atoms with E-state index in [1.807, 2.05) is 0 Å². The van der Waals surface area contributed by atoms with Gasteiger partial charge >= 0.3 is 0 Å². The van der Waals surface area contributed by atoms with Crippen LogP contribution in [0.5, 0.6) is 11.5 Å². The lowest BCUT2D eigenvalue weighted by molar-refractivity contribution is 0.306. The van der Waals surface area contributed by atoms with E-state index >= 15 is 0 Å². The lowest BCUT2D eigenvalue weighted by atomic mass is 10.0. The van der Waals surface area contributed by atoms with Gasteiger partial charge in [0.05, 0.1) is 13.2 Å². The van der Waals surface area contributed by atoms with E-state index in [-0.39, 0.29) is 0 Å². The van der Waals surface area contributed by atoms with Crippen LogP contribution in [0.4, 0.5) is 0 Å². The highest BCUT2D eigenvalue weighted by Gasteiger charge is 2.07. The molecule has 0 spiro atoms. The Balaban J connectivity index is 1.86. The maximum atomic E-state index is 5.98. The first-order valence-corrected chi connectivity index (χ1v) is 9.54. The molecule has 3 rings (SSSR count). The van der Waals surface area contributed by atoms with Gasteiger partial charge in [-0.2, -0.15) is 0 Å². The zero-order valence-electron chi connectivity index (χ0n) is 15.4. The molecule has 0 aliphatic heterocycles. The van der Waals surface area contributed by atoms with Crippen molar-refractivity contribution in [2.45, 2.75) is 46.0 Å². The Morgan fingerprint density at radius 3 is 2.32 bits per heavy atom. The Hall–Kier alpha value is -2.22. The molecule has 132 valence electrons. The van der Waals surface area contributed by atoms with Crippen molar-refractivity contribution in [2.24, 2.45) is 0 Å². The van der Waals surface area contributed by atoms with Gasteiger partial charge in [-0.05, 0) is 47.2 Å². The minimum atomic E-state index is 0.776. The van der Waals surface area contributed by atoms with Crippen molar-refractivity contribution in [3.05, 3.63) is 48.5 Å². The summed E-state index contributed by atoms with van der Waals surface area (Å²) in [6.07, 6.45) is 5.79. The Morgan fingerprint density at radius 2 is 1.48 bits per heavy atom. The van der Waals surface area contributed by atoms with E-state index in [2.05, 4.69) is 62.4 Å². The third kappa shape index (κ3) is 4.25. The van der Waals surface area contributed by atoms with Crippen molar-refractivity contribution in [3.8, 4) is 11.5 Å². The molecule has 0 aromatic heterocycles. The lowest BCUT2D eigenvalue weighted by Gasteiger charge is -2.12. The fraction of sp³-hybridized carbons (Fsp3) is 0.391. The van der Waals surface area contributed by atoms with E-state index in [1.54, 1.807) is 0 Å². The molecule has 0 aliphatic carbocycles. The summed E-state index contributed by atoms with van der Waals surface area (Å²) in [5.41, 5.74) is 0. The highest BCUT2D eigenvalue weighted by molar-refractivity contribution is 6.09. The highest BCUT2D eigenvalue weighted by Crippen LogP contribution is 2.33. The quantitative estimate of drug-likeness (QED) is 0.318. The van der Waals surface area contributed by atoms with Gasteiger partial charge in [-0.15, -0.1) is 0 Å². The zero-order valence-corrected chi connectivity index (χ0v) is 15.4. The smallest absolute Gasteiger partial charge is 0.127 e. The number of rotatable bonds is 9. The number of hydrogen-bond donors (Lipinski definition) is 0.